The minimum atomic E-state index is -0.141. The number of carbonyl (C=O) groups is 2. The Labute approximate surface area is 214 Å². The lowest BCUT2D eigenvalue weighted by Gasteiger charge is -2.24. The van der Waals surface area contributed by atoms with Crippen LogP contribution in [-0.2, 0) is 11.3 Å². The Kier molecular flexibility index (Phi) is 7.39. The van der Waals surface area contributed by atoms with Crippen molar-refractivity contribution in [1.29, 1.82) is 0 Å². The van der Waals surface area contributed by atoms with Crippen LogP contribution in [0.2, 0.25) is 5.02 Å². The van der Waals surface area contributed by atoms with Crippen molar-refractivity contribution in [2.45, 2.75) is 16.3 Å². The molecule has 2 amide bonds. The van der Waals surface area contributed by atoms with Gasteiger partial charge in [-0.05, 0) is 42.0 Å². The maximum Gasteiger partial charge on any atom is 0.259 e. The minimum absolute atomic E-state index is 0.111. The van der Waals surface area contributed by atoms with Gasteiger partial charge in [-0.2, -0.15) is 0 Å². The average Bonchev–Trinajstić information content (AvgIpc) is 3.00. The molecule has 0 atom stereocenters. The molecule has 0 saturated carbocycles. The number of ether oxygens (including phenoxy) is 1. The molecule has 0 spiro atoms. The van der Waals surface area contributed by atoms with Crippen LogP contribution in [0.4, 0.5) is 5.69 Å². The number of amides is 2. The van der Waals surface area contributed by atoms with Crippen molar-refractivity contribution in [2.75, 3.05) is 44.3 Å². The van der Waals surface area contributed by atoms with Gasteiger partial charge in [-0.15, -0.1) is 0 Å². The lowest BCUT2D eigenvalue weighted by Crippen LogP contribution is -3.14. The first kappa shape index (κ1) is 23.9. The molecule has 0 unspecified atom stereocenters. The summed E-state index contributed by atoms with van der Waals surface area (Å²) in [5.74, 6) is -0.252. The fourth-order valence-electron chi connectivity index (χ4n) is 4.38. The molecule has 6 nitrogen and oxygen atoms in total. The summed E-state index contributed by atoms with van der Waals surface area (Å²) in [5.41, 5.74) is 2.73. The van der Waals surface area contributed by atoms with Gasteiger partial charge in [0.15, 0.2) is 0 Å². The van der Waals surface area contributed by atoms with Crippen LogP contribution in [0.15, 0.2) is 76.5 Å². The number of carbonyl (C=O) groups excluding carboxylic acids is 2. The van der Waals surface area contributed by atoms with Gasteiger partial charge in [-0.3, -0.25) is 9.59 Å². The van der Waals surface area contributed by atoms with Crippen molar-refractivity contribution < 1.29 is 19.2 Å². The topological polar surface area (TPSA) is 63.1 Å². The van der Waals surface area contributed by atoms with Gasteiger partial charge < -0.3 is 19.9 Å². The smallest absolute Gasteiger partial charge is 0.259 e. The second kappa shape index (κ2) is 10.8. The highest BCUT2D eigenvalue weighted by molar-refractivity contribution is 7.99. The van der Waals surface area contributed by atoms with Gasteiger partial charge >= 0.3 is 0 Å². The molecule has 0 aromatic heterocycles. The summed E-state index contributed by atoms with van der Waals surface area (Å²) in [7, 11) is 0. The van der Waals surface area contributed by atoms with Gasteiger partial charge in [-0.1, -0.05) is 53.7 Å². The number of benzene rings is 3. The Hall–Kier alpha value is -2.84. The molecule has 2 aliphatic rings. The van der Waals surface area contributed by atoms with Crippen LogP contribution in [-0.4, -0.2) is 51.2 Å². The summed E-state index contributed by atoms with van der Waals surface area (Å²) in [4.78, 5) is 31.7. The van der Waals surface area contributed by atoms with E-state index in [0.717, 1.165) is 48.2 Å². The van der Waals surface area contributed by atoms with Crippen LogP contribution in [0.3, 0.4) is 0 Å². The van der Waals surface area contributed by atoms with E-state index in [1.807, 2.05) is 66.7 Å². The second-order valence-corrected chi connectivity index (χ2v) is 10.1. The quantitative estimate of drug-likeness (QED) is 0.536. The summed E-state index contributed by atoms with van der Waals surface area (Å²) in [6.07, 6.45) is 0. The van der Waals surface area contributed by atoms with Crippen molar-refractivity contribution >= 4 is 40.9 Å². The SMILES string of the molecule is O=C(NCC[NH+]1CCOCC1)c1ccc2c(c1)N(Cc1ccccc1Cl)C(=O)c1ccccc1S2. The van der Waals surface area contributed by atoms with E-state index in [-0.39, 0.29) is 11.8 Å². The summed E-state index contributed by atoms with van der Waals surface area (Å²) in [6.45, 7) is 5.23. The Balaban J connectivity index is 1.42. The number of fused-ring (bicyclic) bond motifs is 2. The largest absolute Gasteiger partial charge is 0.370 e. The van der Waals surface area contributed by atoms with Crippen LogP contribution < -0.4 is 15.1 Å². The number of quaternary nitrogens is 1. The summed E-state index contributed by atoms with van der Waals surface area (Å²) in [6, 6.07) is 20.7. The molecule has 0 radical (unpaired) electrons. The van der Waals surface area contributed by atoms with Crippen LogP contribution in [0.5, 0.6) is 0 Å². The summed E-state index contributed by atoms with van der Waals surface area (Å²) >= 11 is 7.99. The molecule has 2 heterocycles. The molecule has 0 bridgehead atoms. The Morgan fingerprint density at radius 2 is 1.80 bits per heavy atom. The number of hydrogen-bond donors (Lipinski definition) is 2. The van der Waals surface area contributed by atoms with Crippen LogP contribution in [0, 0.1) is 0 Å². The first-order valence-electron chi connectivity index (χ1n) is 11.8. The second-order valence-electron chi connectivity index (χ2n) is 8.63. The number of morpholine rings is 1. The van der Waals surface area contributed by atoms with E-state index in [0.29, 0.717) is 34.9 Å². The molecule has 3 aromatic carbocycles. The Morgan fingerprint density at radius 3 is 2.63 bits per heavy atom. The highest BCUT2D eigenvalue weighted by atomic mass is 35.5. The third-order valence-electron chi connectivity index (χ3n) is 6.34. The van der Waals surface area contributed by atoms with Crippen molar-refractivity contribution in [3.05, 3.63) is 88.4 Å². The highest BCUT2D eigenvalue weighted by Gasteiger charge is 2.28. The number of anilines is 1. The molecule has 0 aliphatic carbocycles. The summed E-state index contributed by atoms with van der Waals surface area (Å²) in [5, 5.41) is 3.64. The minimum Gasteiger partial charge on any atom is -0.370 e. The van der Waals surface area contributed by atoms with Crippen LogP contribution >= 0.6 is 23.4 Å². The zero-order valence-electron chi connectivity index (χ0n) is 19.3. The fraction of sp³-hybridized carbons (Fsp3) is 0.259. The molecular weight excluding hydrogens is 482 g/mol. The molecule has 180 valence electrons. The third-order valence-corrected chi connectivity index (χ3v) is 7.85. The molecule has 5 rings (SSSR count). The van der Waals surface area contributed by atoms with E-state index < -0.39 is 0 Å². The number of nitrogens with zero attached hydrogens (tertiary/aromatic N) is 1. The van der Waals surface area contributed by atoms with E-state index >= 15 is 0 Å². The first-order chi connectivity index (χ1) is 17.1. The maximum atomic E-state index is 13.7. The molecule has 8 heteroatoms. The maximum absolute atomic E-state index is 13.7. The van der Waals surface area contributed by atoms with E-state index in [1.54, 1.807) is 16.7 Å². The Bertz CT molecular complexity index is 1250. The van der Waals surface area contributed by atoms with E-state index in [1.165, 1.54) is 4.90 Å². The van der Waals surface area contributed by atoms with Crippen molar-refractivity contribution in [3.8, 4) is 0 Å². The van der Waals surface area contributed by atoms with Crippen LogP contribution in [0.1, 0.15) is 26.3 Å². The Morgan fingerprint density at radius 1 is 1.03 bits per heavy atom. The van der Waals surface area contributed by atoms with E-state index in [4.69, 9.17) is 16.3 Å². The summed E-state index contributed by atoms with van der Waals surface area (Å²) < 4.78 is 5.40. The van der Waals surface area contributed by atoms with Gasteiger partial charge in [0, 0.05) is 20.4 Å². The lowest BCUT2D eigenvalue weighted by atomic mass is 10.1. The normalized spacial score (nSPS) is 15.8. The van der Waals surface area contributed by atoms with Gasteiger partial charge in [-0.25, -0.2) is 0 Å². The standard InChI is InChI=1S/C27H26ClN3O3S/c28-22-7-3-1-5-20(22)18-31-23-17-19(26(32)29-11-12-30-13-15-34-16-14-30)9-10-25(23)35-24-8-4-2-6-21(24)27(31)33/h1-10,17H,11-16,18H2,(H,29,32)/p+1. The predicted octanol–water partition coefficient (Wildman–Crippen LogP) is 3.30. The molecule has 35 heavy (non-hydrogen) atoms. The zero-order chi connectivity index (χ0) is 24.2. The highest BCUT2D eigenvalue weighted by Crippen LogP contribution is 2.42. The number of hydrogen-bond acceptors (Lipinski definition) is 4. The van der Waals surface area contributed by atoms with Crippen molar-refractivity contribution in [2.24, 2.45) is 0 Å². The lowest BCUT2D eigenvalue weighted by molar-refractivity contribution is -0.906. The number of halogens is 1. The van der Waals surface area contributed by atoms with Crippen LogP contribution in [0.25, 0.3) is 0 Å². The van der Waals surface area contributed by atoms with E-state index in [9.17, 15) is 9.59 Å². The number of rotatable bonds is 6. The average molecular weight is 509 g/mol. The number of nitrogens with one attached hydrogen (secondary N) is 2. The van der Waals surface area contributed by atoms with Gasteiger partial charge in [0.1, 0.15) is 13.1 Å². The zero-order valence-corrected chi connectivity index (χ0v) is 20.8. The monoisotopic (exact) mass is 508 g/mol. The van der Waals surface area contributed by atoms with Crippen molar-refractivity contribution in [1.82, 2.24) is 5.32 Å². The fourth-order valence-corrected chi connectivity index (χ4v) is 5.63. The molecule has 1 fully saturated rings. The van der Waals surface area contributed by atoms with Gasteiger partial charge in [0.25, 0.3) is 11.8 Å². The van der Waals surface area contributed by atoms with Crippen molar-refractivity contribution in [3.63, 3.8) is 0 Å². The molecule has 2 aliphatic heterocycles. The molecule has 3 aromatic rings. The van der Waals surface area contributed by atoms with Gasteiger partial charge in [0.05, 0.1) is 44.1 Å². The molecule has 1 saturated heterocycles. The third kappa shape index (κ3) is 5.38. The van der Waals surface area contributed by atoms with Gasteiger partial charge in [0.2, 0.25) is 0 Å². The first-order valence-corrected chi connectivity index (χ1v) is 13.0. The molecular formula is C27H27ClN3O3S+. The predicted molar refractivity (Wildman–Crippen MR) is 138 cm³/mol. The van der Waals surface area contributed by atoms with E-state index in [2.05, 4.69) is 5.32 Å². The molecule has 2 N–H and O–H groups in total.